The summed E-state index contributed by atoms with van der Waals surface area (Å²) in [5, 5.41) is 6.68. The summed E-state index contributed by atoms with van der Waals surface area (Å²) in [4.78, 5) is 31.2. The molecule has 31 heavy (non-hydrogen) atoms. The molecule has 2 aliphatic rings. The van der Waals surface area contributed by atoms with Crippen molar-refractivity contribution in [3.05, 3.63) is 35.4 Å². The SMILES string of the molecule is CCNC(=O)Cc1cnc(NCCC2CC2C2CCN(c3ncc(Cl)cn3)CC2)nc1. The van der Waals surface area contributed by atoms with E-state index in [1.54, 1.807) is 24.8 Å². The van der Waals surface area contributed by atoms with E-state index in [0.29, 0.717) is 23.9 Å². The van der Waals surface area contributed by atoms with Gasteiger partial charge in [-0.15, -0.1) is 0 Å². The third kappa shape index (κ3) is 6.03. The Kier molecular flexibility index (Phi) is 7.17. The van der Waals surface area contributed by atoms with Crippen LogP contribution in [0.5, 0.6) is 0 Å². The van der Waals surface area contributed by atoms with Crippen LogP contribution in [0.2, 0.25) is 5.02 Å². The number of nitrogens with one attached hydrogen (secondary N) is 2. The standard InChI is InChI=1S/C22H30ClN7O/c1-2-24-20(31)9-15-11-26-21(27-12-15)25-6-3-17-10-19(17)16-4-7-30(8-5-16)22-28-13-18(23)14-29-22/h11-14,16-17,19H,2-10H2,1H3,(H,24,31)(H,25,26,27). The molecule has 2 aromatic rings. The smallest absolute Gasteiger partial charge is 0.225 e. The minimum atomic E-state index is -0.00175. The summed E-state index contributed by atoms with van der Waals surface area (Å²) < 4.78 is 0. The van der Waals surface area contributed by atoms with Gasteiger partial charge in [-0.05, 0) is 55.9 Å². The molecule has 8 nitrogen and oxygen atoms in total. The van der Waals surface area contributed by atoms with E-state index in [1.807, 2.05) is 6.92 Å². The topological polar surface area (TPSA) is 95.9 Å². The van der Waals surface area contributed by atoms with Crippen molar-refractivity contribution in [3.63, 3.8) is 0 Å². The maximum Gasteiger partial charge on any atom is 0.225 e. The Labute approximate surface area is 188 Å². The molecule has 1 aliphatic carbocycles. The zero-order chi connectivity index (χ0) is 21.6. The fourth-order valence-corrected chi connectivity index (χ4v) is 4.63. The summed E-state index contributed by atoms with van der Waals surface area (Å²) in [6, 6.07) is 0. The molecule has 3 heterocycles. The summed E-state index contributed by atoms with van der Waals surface area (Å²) >= 11 is 5.88. The van der Waals surface area contributed by atoms with Gasteiger partial charge >= 0.3 is 0 Å². The maximum absolute atomic E-state index is 11.6. The van der Waals surface area contributed by atoms with Crippen LogP contribution in [0.1, 0.15) is 38.2 Å². The fourth-order valence-electron chi connectivity index (χ4n) is 4.53. The van der Waals surface area contributed by atoms with Crippen molar-refractivity contribution in [3.8, 4) is 0 Å². The van der Waals surface area contributed by atoms with E-state index in [2.05, 4.69) is 35.5 Å². The lowest BCUT2D eigenvalue weighted by molar-refractivity contribution is -0.120. The zero-order valence-electron chi connectivity index (χ0n) is 17.9. The van der Waals surface area contributed by atoms with E-state index < -0.39 is 0 Å². The monoisotopic (exact) mass is 443 g/mol. The molecule has 0 aromatic carbocycles. The second-order valence-corrected chi connectivity index (χ2v) is 8.88. The highest BCUT2D eigenvalue weighted by Crippen LogP contribution is 2.49. The number of anilines is 2. The van der Waals surface area contributed by atoms with Crippen LogP contribution in [0, 0.1) is 17.8 Å². The normalized spacial score (nSPS) is 21.0. The van der Waals surface area contributed by atoms with Crippen molar-refractivity contribution < 1.29 is 4.79 Å². The summed E-state index contributed by atoms with van der Waals surface area (Å²) in [6.07, 6.45) is 12.0. The average Bonchev–Trinajstić information content (AvgIpc) is 3.55. The van der Waals surface area contributed by atoms with E-state index in [1.165, 1.54) is 19.3 Å². The Morgan fingerprint density at radius 3 is 2.52 bits per heavy atom. The summed E-state index contributed by atoms with van der Waals surface area (Å²) in [6.45, 7) is 5.46. The van der Waals surface area contributed by atoms with Crippen LogP contribution in [0.4, 0.5) is 11.9 Å². The summed E-state index contributed by atoms with van der Waals surface area (Å²) in [5.41, 5.74) is 0.828. The second kappa shape index (κ2) is 10.2. The van der Waals surface area contributed by atoms with Crippen molar-refractivity contribution in [2.75, 3.05) is 36.4 Å². The first-order valence-electron chi connectivity index (χ1n) is 11.2. The number of carbonyl (C=O) groups excluding carboxylic acids is 1. The molecular weight excluding hydrogens is 414 g/mol. The van der Waals surface area contributed by atoms with E-state index in [-0.39, 0.29) is 5.91 Å². The minimum Gasteiger partial charge on any atom is -0.356 e. The van der Waals surface area contributed by atoms with E-state index in [0.717, 1.165) is 55.3 Å². The Balaban J connectivity index is 1.14. The third-order valence-electron chi connectivity index (χ3n) is 6.25. The van der Waals surface area contributed by atoms with Crippen LogP contribution < -0.4 is 15.5 Å². The van der Waals surface area contributed by atoms with E-state index >= 15 is 0 Å². The molecule has 1 saturated heterocycles. The largest absolute Gasteiger partial charge is 0.356 e. The molecule has 0 spiro atoms. The predicted octanol–water partition coefficient (Wildman–Crippen LogP) is 2.95. The molecule has 1 aliphatic heterocycles. The molecule has 0 bridgehead atoms. The number of amides is 1. The number of rotatable bonds is 9. The van der Waals surface area contributed by atoms with Crippen molar-refractivity contribution in [1.82, 2.24) is 25.3 Å². The number of hydrogen-bond acceptors (Lipinski definition) is 7. The fraction of sp³-hybridized carbons (Fsp3) is 0.591. The quantitative estimate of drug-likeness (QED) is 0.615. The molecule has 2 unspecified atom stereocenters. The van der Waals surface area contributed by atoms with Crippen LogP contribution in [0.25, 0.3) is 0 Å². The van der Waals surface area contributed by atoms with Gasteiger partial charge in [-0.3, -0.25) is 4.79 Å². The molecule has 2 atom stereocenters. The first-order chi connectivity index (χ1) is 15.1. The van der Waals surface area contributed by atoms with Crippen LogP contribution in [0.3, 0.4) is 0 Å². The van der Waals surface area contributed by atoms with Gasteiger partial charge in [-0.25, -0.2) is 19.9 Å². The highest BCUT2D eigenvalue weighted by Gasteiger charge is 2.43. The molecule has 9 heteroatoms. The molecule has 1 saturated carbocycles. The predicted molar refractivity (Wildman–Crippen MR) is 121 cm³/mol. The Morgan fingerprint density at radius 1 is 1.13 bits per heavy atom. The summed E-state index contributed by atoms with van der Waals surface area (Å²) in [7, 11) is 0. The zero-order valence-corrected chi connectivity index (χ0v) is 18.7. The highest BCUT2D eigenvalue weighted by atomic mass is 35.5. The maximum atomic E-state index is 11.6. The minimum absolute atomic E-state index is 0.00175. The van der Waals surface area contributed by atoms with Crippen molar-refractivity contribution in [1.29, 1.82) is 0 Å². The third-order valence-corrected chi connectivity index (χ3v) is 6.45. The number of nitrogens with zero attached hydrogens (tertiary/aromatic N) is 5. The van der Waals surface area contributed by atoms with Gasteiger partial charge < -0.3 is 15.5 Å². The Hall–Kier alpha value is -2.48. The summed E-state index contributed by atoms with van der Waals surface area (Å²) in [5.74, 6) is 3.87. The number of aromatic nitrogens is 4. The van der Waals surface area contributed by atoms with Crippen molar-refractivity contribution in [2.24, 2.45) is 17.8 Å². The molecular formula is C22H30ClN7O. The van der Waals surface area contributed by atoms with Crippen LogP contribution in [-0.4, -0.2) is 52.0 Å². The number of likely N-dealkylation sites (N-methyl/N-ethyl adjacent to an activating group) is 1. The molecule has 1 amide bonds. The van der Waals surface area contributed by atoms with Gasteiger partial charge in [-0.1, -0.05) is 11.6 Å². The van der Waals surface area contributed by atoms with Crippen LogP contribution >= 0.6 is 11.6 Å². The Morgan fingerprint density at radius 2 is 1.84 bits per heavy atom. The lowest BCUT2D eigenvalue weighted by Crippen LogP contribution is -2.35. The molecule has 2 aromatic heterocycles. The second-order valence-electron chi connectivity index (χ2n) is 8.45. The number of halogens is 1. The first kappa shape index (κ1) is 21.7. The highest BCUT2D eigenvalue weighted by molar-refractivity contribution is 6.30. The van der Waals surface area contributed by atoms with E-state index in [4.69, 9.17) is 11.6 Å². The molecule has 2 fully saturated rings. The number of carbonyl (C=O) groups is 1. The molecule has 2 N–H and O–H groups in total. The number of hydrogen-bond donors (Lipinski definition) is 2. The van der Waals surface area contributed by atoms with Crippen LogP contribution in [-0.2, 0) is 11.2 Å². The van der Waals surface area contributed by atoms with Gasteiger partial charge in [0, 0.05) is 38.6 Å². The number of piperidine rings is 1. The Bertz CT molecular complexity index is 853. The van der Waals surface area contributed by atoms with Gasteiger partial charge in [0.05, 0.1) is 23.8 Å². The lowest BCUT2D eigenvalue weighted by Gasteiger charge is -2.32. The first-order valence-corrected chi connectivity index (χ1v) is 11.5. The average molecular weight is 444 g/mol. The lowest BCUT2D eigenvalue weighted by atomic mass is 9.90. The van der Waals surface area contributed by atoms with Gasteiger partial charge in [-0.2, -0.15) is 0 Å². The van der Waals surface area contributed by atoms with Crippen molar-refractivity contribution in [2.45, 2.75) is 39.0 Å². The van der Waals surface area contributed by atoms with Gasteiger partial charge in [0.25, 0.3) is 0 Å². The van der Waals surface area contributed by atoms with Gasteiger partial charge in [0.15, 0.2) is 0 Å². The van der Waals surface area contributed by atoms with E-state index in [9.17, 15) is 4.79 Å². The van der Waals surface area contributed by atoms with Gasteiger partial charge in [0.2, 0.25) is 17.8 Å². The molecule has 0 radical (unpaired) electrons. The molecule has 166 valence electrons. The van der Waals surface area contributed by atoms with Crippen LogP contribution in [0.15, 0.2) is 24.8 Å². The van der Waals surface area contributed by atoms with Gasteiger partial charge in [0.1, 0.15) is 0 Å². The van der Waals surface area contributed by atoms with Crippen molar-refractivity contribution >= 4 is 29.4 Å². The molecule has 4 rings (SSSR count).